The zero-order valence-electron chi connectivity index (χ0n) is 17.7. The molecule has 3 atom stereocenters. The van der Waals surface area contributed by atoms with Gasteiger partial charge in [0, 0.05) is 38.3 Å². The van der Waals surface area contributed by atoms with Gasteiger partial charge in [0.05, 0.1) is 18.4 Å². The molecule has 0 spiro atoms. The summed E-state index contributed by atoms with van der Waals surface area (Å²) in [6.07, 6.45) is -2.57. The van der Waals surface area contributed by atoms with Crippen LogP contribution >= 0.6 is 0 Å². The Morgan fingerprint density at radius 3 is 2.52 bits per heavy atom. The number of nitrogens with zero attached hydrogens (tertiary/aromatic N) is 2. The SMILES string of the molecule is COCCNC(=O)[C@@H]1CC[C@@H]2[C@@H](CCN2Cc2c(C)noc2C)O1.O=C(O)C(F)(F)F. The number of fused-ring (bicyclic) bond motifs is 1. The fourth-order valence-corrected chi connectivity index (χ4v) is 3.72. The number of carboxylic acid groups (broad SMARTS) is 1. The van der Waals surface area contributed by atoms with E-state index in [2.05, 4.69) is 15.4 Å². The standard InChI is InChI=1S/C17H27N3O4.C2HF3O2/c1-11-13(12(2)24-19-11)10-20-8-6-15-14(20)4-5-16(23-15)17(21)18-7-9-22-3;3-2(4,5)1(6)7/h14-16H,4-10H2,1-3H3,(H,18,21);(H,6,7)/t14-,15-,16+;/m1./s1. The number of rotatable bonds is 6. The molecule has 12 heteroatoms. The first-order valence-corrected chi connectivity index (χ1v) is 9.92. The van der Waals surface area contributed by atoms with Crippen LogP contribution < -0.4 is 5.32 Å². The first-order chi connectivity index (χ1) is 14.5. The van der Waals surface area contributed by atoms with Gasteiger partial charge in [-0.1, -0.05) is 5.16 Å². The highest BCUT2D eigenvalue weighted by atomic mass is 19.4. The average molecular weight is 451 g/mol. The van der Waals surface area contributed by atoms with Gasteiger partial charge < -0.3 is 24.4 Å². The van der Waals surface area contributed by atoms with Gasteiger partial charge in [-0.25, -0.2) is 4.79 Å². The summed E-state index contributed by atoms with van der Waals surface area (Å²) in [5.41, 5.74) is 2.14. The number of methoxy groups -OCH3 is 1. The topological polar surface area (TPSA) is 114 Å². The van der Waals surface area contributed by atoms with Crippen LogP contribution in [0.3, 0.4) is 0 Å². The molecule has 0 aromatic carbocycles. The normalized spacial score (nSPS) is 23.6. The van der Waals surface area contributed by atoms with Crippen LogP contribution in [0.1, 0.15) is 36.3 Å². The molecule has 3 rings (SSSR count). The van der Waals surface area contributed by atoms with Gasteiger partial charge in [0.15, 0.2) is 0 Å². The summed E-state index contributed by atoms with van der Waals surface area (Å²) in [5, 5.41) is 14.0. The minimum absolute atomic E-state index is 0.0188. The number of aliphatic carboxylic acids is 1. The van der Waals surface area contributed by atoms with E-state index in [-0.39, 0.29) is 18.1 Å². The van der Waals surface area contributed by atoms with E-state index in [4.69, 9.17) is 23.9 Å². The van der Waals surface area contributed by atoms with Crippen LogP contribution in [0.5, 0.6) is 0 Å². The smallest absolute Gasteiger partial charge is 0.475 e. The lowest BCUT2D eigenvalue weighted by atomic mass is 9.98. The summed E-state index contributed by atoms with van der Waals surface area (Å²) in [4.78, 5) is 23.5. The van der Waals surface area contributed by atoms with E-state index < -0.39 is 12.1 Å². The van der Waals surface area contributed by atoms with Crippen molar-refractivity contribution in [2.45, 2.75) is 64.1 Å². The van der Waals surface area contributed by atoms with Crippen molar-refractivity contribution in [1.29, 1.82) is 0 Å². The number of aryl methyl sites for hydroxylation is 2. The maximum atomic E-state index is 12.2. The molecule has 1 aromatic rings. The molecule has 0 aliphatic carbocycles. The van der Waals surface area contributed by atoms with Crippen LogP contribution in [0.2, 0.25) is 0 Å². The molecule has 0 unspecified atom stereocenters. The molecule has 2 fully saturated rings. The summed E-state index contributed by atoms with van der Waals surface area (Å²) in [5.74, 6) is -1.88. The number of aromatic nitrogens is 1. The predicted molar refractivity (Wildman–Crippen MR) is 101 cm³/mol. The van der Waals surface area contributed by atoms with Gasteiger partial charge in [0.25, 0.3) is 0 Å². The maximum absolute atomic E-state index is 12.2. The zero-order chi connectivity index (χ0) is 23.2. The van der Waals surface area contributed by atoms with Gasteiger partial charge >= 0.3 is 12.1 Å². The Morgan fingerprint density at radius 2 is 1.97 bits per heavy atom. The van der Waals surface area contributed by atoms with Gasteiger partial charge in [0.1, 0.15) is 11.9 Å². The number of carboxylic acids is 1. The molecule has 2 N–H and O–H groups in total. The third-order valence-corrected chi connectivity index (χ3v) is 5.35. The Kier molecular flexibility index (Phi) is 8.83. The number of carbonyl (C=O) groups excluding carboxylic acids is 1. The van der Waals surface area contributed by atoms with Crippen LogP contribution in [0.15, 0.2) is 4.52 Å². The lowest BCUT2D eigenvalue weighted by Crippen LogP contribution is -2.48. The second-order valence-corrected chi connectivity index (χ2v) is 7.46. The number of halogens is 3. The molecule has 1 amide bonds. The first-order valence-electron chi connectivity index (χ1n) is 9.92. The molecular formula is C19H28F3N3O6. The quantitative estimate of drug-likeness (QED) is 0.630. The summed E-state index contributed by atoms with van der Waals surface area (Å²) >= 11 is 0. The number of carbonyl (C=O) groups is 2. The number of hydrogen-bond acceptors (Lipinski definition) is 7. The number of ether oxygens (including phenoxy) is 2. The van der Waals surface area contributed by atoms with Crippen LogP contribution in [0, 0.1) is 13.8 Å². The number of hydrogen-bond donors (Lipinski definition) is 2. The van der Waals surface area contributed by atoms with E-state index in [0.717, 1.165) is 43.8 Å². The molecule has 9 nitrogen and oxygen atoms in total. The van der Waals surface area contributed by atoms with E-state index >= 15 is 0 Å². The minimum Gasteiger partial charge on any atom is -0.475 e. The fourth-order valence-electron chi connectivity index (χ4n) is 3.72. The number of amides is 1. The number of nitrogens with one attached hydrogen (secondary N) is 1. The Morgan fingerprint density at radius 1 is 1.29 bits per heavy atom. The molecule has 3 heterocycles. The molecule has 0 bridgehead atoms. The van der Waals surface area contributed by atoms with Crippen LogP contribution in [0.4, 0.5) is 13.2 Å². The van der Waals surface area contributed by atoms with E-state index in [1.807, 2.05) is 13.8 Å². The highest BCUT2D eigenvalue weighted by Gasteiger charge is 2.42. The third-order valence-electron chi connectivity index (χ3n) is 5.35. The monoisotopic (exact) mass is 451 g/mol. The molecule has 2 aliphatic rings. The van der Waals surface area contributed by atoms with Gasteiger partial charge in [-0.05, 0) is 33.1 Å². The summed E-state index contributed by atoms with van der Waals surface area (Å²) < 4.78 is 48.0. The summed E-state index contributed by atoms with van der Waals surface area (Å²) in [6, 6.07) is 0.377. The van der Waals surface area contributed by atoms with Crippen molar-refractivity contribution < 1.29 is 41.9 Å². The molecule has 31 heavy (non-hydrogen) atoms. The van der Waals surface area contributed by atoms with Crippen LogP contribution in [-0.2, 0) is 25.6 Å². The van der Waals surface area contributed by atoms with Crippen molar-refractivity contribution in [1.82, 2.24) is 15.4 Å². The lowest BCUT2D eigenvalue weighted by molar-refractivity contribution is -0.192. The highest BCUT2D eigenvalue weighted by Crippen LogP contribution is 2.33. The van der Waals surface area contributed by atoms with Crippen molar-refractivity contribution >= 4 is 11.9 Å². The van der Waals surface area contributed by atoms with Crippen molar-refractivity contribution in [3.05, 3.63) is 17.0 Å². The molecule has 0 saturated carbocycles. The highest BCUT2D eigenvalue weighted by molar-refractivity contribution is 5.80. The maximum Gasteiger partial charge on any atom is 0.490 e. The predicted octanol–water partition coefficient (Wildman–Crippen LogP) is 1.81. The third kappa shape index (κ3) is 6.91. The lowest BCUT2D eigenvalue weighted by Gasteiger charge is -2.35. The van der Waals surface area contributed by atoms with E-state index in [9.17, 15) is 18.0 Å². The summed E-state index contributed by atoms with van der Waals surface area (Å²) in [7, 11) is 1.62. The van der Waals surface area contributed by atoms with Crippen molar-refractivity contribution in [2.75, 3.05) is 26.8 Å². The van der Waals surface area contributed by atoms with Gasteiger partial charge in [-0.2, -0.15) is 13.2 Å². The second-order valence-electron chi connectivity index (χ2n) is 7.46. The second kappa shape index (κ2) is 10.9. The molecule has 2 aliphatic heterocycles. The Hall–Kier alpha value is -2.18. The summed E-state index contributed by atoms with van der Waals surface area (Å²) in [6.45, 7) is 6.82. The van der Waals surface area contributed by atoms with Crippen molar-refractivity contribution in [3.8, 4) is 0 Å². The molecular weight excluding hydrogens is 423 g/mol. The molecule has 1 aromatic heterocycles. The van der Waals surface area contributed by atoms with E-state index in [1.54, 1.807) is 7.11 Å². The molecule has 2 saturated heterocycles. The van der Waals surface area contributed by atoms with E-state index in [0.29, 0.717) is 19.2 Å². The van der Waals surface area contributed by atoms with Gasteiger partial charge in [0.2, 0.25) is 5.91 Å². The zero-order valence-corrected chi connectivity index (χ0v) is 17.7. The largest absolute Gasteiger partial charge is 0.490 e. The number of alkyl halides is 3. The average Bonchev–Trinajstić information content (AvgIpc) is 3.25. The Balaban J connectivity index is 0.000000423. The van der Waals surface area contributed by atoms with Gasteiger partial charge in [-0.3, -0.25) is 9.69 Å². The van der Waals surface area contributed by atoms with Gasteiger partial charge in [-0.15, -0.1) is 0 Å². The first kappa shape index (κ1) is 25.1. The van der Waals surface area contributed by atoms with Crippen molar-refractivity contribution in [2.24, 2.45) is 0 Å². The molecule has 176 valence electrons. The molecule has 0 radical (unpaired) electrons. The van der Waals surface area contributed by atoms with Crippen LogP contribution in [0.25, 0.3) is 0 Å². The fraction of sp³-hybridized carbons (Fsp3) is 0.737. The van der Waals surface area contributed by atoms with E-state index in [1.165, 1.54) is 5.56 Å². The minimum atomic E-state index is -5.08. The van der Waals surface area contributed by atoms with Crippen molar-refractivity contribution in [3.63, 3.8) is 0 Å². The number of likely N-dealkylation sites (tertiary alicyclic amines) is 1. The Bertz CT molecular complexity index is 735. The Labute approximate surface area is 177 Å². The van der Waals surface area contributed by atoms with Crippen LogP contribution in [-0.4, -0.2) is 78.3 Å².